The third-order valence-corrected chi connectivity index (χ3v) is 4.51. The average Bonchev–Trinajstić information content (AvgIpc) is 2.41. The predicted molar refractivity (Wildman–Crippen MR) is 73.3 cm³/mol. The molecule has 0 fully saturated rings. The number of nitrogens with zero attached hydrogens (tertiary/aromatic N) is 2. The fourth-order valence-corrected chi connectivity index (χ4v) is 3.34. The van der Waals surface area contributed by atoms with Gasteiger partial charge in [-0.05, 0) is 10.8 Å². The van der Waals surface area contributed by atoms with Gasteiger partial charge in [-0.25, -0.2) is 4.57 Å². The first-order valence-electron chi connectivity index (χ1n) is 5.58. The molecule has 2 heterocycles. The van der Waals surface area contributed by atoms with Crippen LogP contribution in [0.1, 0.15) is 0 Å². The van der Waals surface area contributed by atoms with Gasteiger partial charge in [0.05, 0.1) is 5.75 Å². The van der Waals surface area contributed by atoms with Crippen LogP contribution < -0.4 is 9.13 Å². The zero-order chi connectivity index (χ0) is 11.8. The second-order valence-corrected chi connectivity index (χ2v) is 6.12. The van der Waals surface area contributed by atoms with Gasteiger partial charge in [0.1, 0.15) is 0 Å². The zero-order valence-electron chi connectivity index (χ0n) is 9.61. The Morgan fingerprint density at radius 3 is 1.88 bits per heavy atom. The largest absolute Gasteiger partial charge is 0.204 e. The van der Waals surface area contributed by atoms with Crippen LogP contribution in [0.3, 0.4) is 0 Å². The maximum atomic E-state index is 2.21. The number of rotatable bonds is 6. The highest BCUT2D eigenvalue weighted by molar-refractivity contribution is 8.76. The monoisotopic (exact) mass is 264 g/mol. The van der Waals surface area contributed by atoms with E-state index in [1.807, 2.05) is 33.7 Å². The van der Waals surface area contributed by atoms with Crippen molar-refractivity contribution in [3.05, 3.63) is 61.2 Å². The molecule has 0 bridgehead atoms. The Labute approximate surface area is 110 Å². The topological polar surface area (TPSA) is 7.76 Å². The normalized spacial score (nSPS) is 10.4. The molecule has 0 saturated carbocycles. The minimum absolute atomic E-state index is 1.00. The lowest BCUT2D eigenvalue weighted by molar-refractivity contribution is -0.692. The van der Waals surface area contributed by atoms with E-state index in [0.717, 1.165) is 18.2 Å². The minimum Gasteiger partial charge on any atom is -0.204 e. The molecule has 4 heteroatoms. The van der Waals surface area contributed by atoms with E-state index in [4.69, 9.17) is 0 Å². The highest BCUT2D eigenvalue weighted by Crippen LogP contribution is 2.20. The lowest BCUT2D eigenvalue weighted by Gasteiger charge is -1.96. The molecule has 88 valence electrons. The lowest BCUT2D eigenvalue weighted by Crippen LogP contribution is -2.33. The quantitative estimate of drug-likeness (QED) is 0.449. The van der Waals surface area contributed by atoms with E-state index >= 15 is 0 Å². The third-order valence-electron chi connectivity index (χ3n) is 2.27. The molecule has 0 unspecified atom stereocenters. The molecule has 2 aromatic rings. The molecular formula is C13H16N2S2+2. The number of aromatic nitrogens is 2. The second-order valence-electron chi connectivity index (χ2n) is 3.57. The molecule has 0 amide bonds. The second kappa shape index (κ2) is 7.35. The van der Waals surface area contributed by atoms with E-state index in [1.165, 1.54) is 0 Å². The van der Waals surface area contributed by atoms with Crippen LogP contribution in [0.2, 0.25) is 0 Å². The van der Waals surface area contributed by atoms with Crippen molar-refractivity contribution in [1.29, 1.82) is 0 Å². The molecule has 0 saturated heterocycles. The summed E-state index contributed by atoms with van der Waals surface area (Å²) in [6.45, 7) is 1.07. The Morgan fingerprint density at radius 2 is 1.24 bits per heavy atom. The van der Waals surface area contributed by atoms with Crippen LogP contribution in [0.25, 0.3) is 0 Å². The van der Waals surface area contributed by atoms with Gasteiger partial charge in [-0.3, -0.25) is 0 Å². The van der Waals surface area contributed by atoms with Crippen LogP contribution in [-0.2, 0) is 12.4 Å². The summed E-state index contributed by atoms with van der Waals surface area (Å²) in [7, 11) is 3.81. The molecule has 0 aliphatic rings. The fourth-order valence-electron chi connectivity index (χ4n) is 1.40. The summed E-state index contributed by atoms with van der Waals surface area (Å²) >= 11 is 0. The van der Waals surface area contributed by atoms with Crippen molar-refractivity contribution >= 4 is 21.6 Å². The summed E-state index contributed by atoms with van der Waals surface area (Å²) in [6.07, 6.45) is 8.41. The molecule has 2 aromatic heterocycles. The van der Waals surface area contributed by atoms with Gasteiger partial charge < -0.3 is 0 Å². The molecule has 0 radical (unpaired) electrons. The number of hydrogen-bond acceptors (Lipinski definition) is 2. The number of pyridine rings is 2. The average molecular weight is 264 g/mol. The Bertz CT molecular complexity index is 378. The van der Waals surface area contributed by atoms with E-state index in [-0.39, 0.29) is 0 Å². The van der Waals surface area contributed by atoms with E-state index in [1.54, 1.807) is 0 Å². The van der Waals surface area contributed by atoms with Crippen LogP contribution in [0.15, 0.2) is 61.2 Å². The molecule has 0 atom stereocenters. The van der Waals surface area contributed by atoms with Crippen molar-refractivity contribution in [3.63, 3.8) is 0 Å². The Morgan fingerprint density at radius 1 is 0.647 bits per heavy atom. The van der Waals surface area contributed by atoms with Gasteiger partial charge in [-0.2, -0.15) is 4.57 Å². The highest BCUT2D eigenvalue weighted by Gasteiger charge is 2.01. The van der Waals surface area contributed by atoms with Crippen LogP contribution in [-0.4, -0.2) is 5.75 Å². The van der Waals surface area contributed by atoms with Crippen LogP contribution in [0.4, 0.5) is 0 Å². The van der Waals surface area contributed by atoms with E-state index < -0.39 is 0 Å². The molecule has 0 aromatic carbocycles. The molecule has 0 spiro atoms. The molecule has 0 aliphatic carbocycles. The molecule has 0 aliphatic heterocycles. The van der Waals surface area contributed by atoms with Gasteiger partial charge in [0, 0.05) is 24.3 Å². The SMILES string of the molecule is c1cc[n+](CCSSC[n+]2ccccc2)cc1. The maximum Gasteiger partial charge on any atom is 0.204 e. The van der Waals surface area contributed by atoms with Crippen LogP contribution in [0, 0.1) is 0 Å². The lowest BCUT2D eigenvalue weighted by atomic mass is 10.5. The standard InChI is InChI=1S/C13H16N2S2/c1-3-7-14(8-4-1)11-12-16-17-13-15-9-5-2-6-10-15/h1-10H,11-13H2/q+2. The summed E-state index contributed by atoms with van der Waals surface area (Å²) in [5.74, 6) is 2.14. The molecule has 2 nitrogen and oxygen atoms in total. The van der Waals surface area contributed by atoms with E-state index in [2.05, 4.69) is 58.2 Å². The van der Waals surface area contributed by atoms with Gasteiger partial charge >= 0.3 is 0 Å². The molecule has 0 N–H and O–H groups in total. The van der Waals surface area contributed by atoms with Crippen molar-refractivity contribution in [1.82, 2.24) is 0 Å². The van der Waals surface area contributed by atoms with Gasteiger partial charge in [0.15, 0.2) is 31.3 Å². The summed E-state index contributed by atoms with van der Waals surface area (Å²) in [4.78, 5) is 0. The summed E-state index contributed by atoms with van der Waals surface area (Å²) < 4.78 is 4.40. The molecular weight excluding hydrogens is 248 g/mol. The summed E-state index contributed by atoms with van der Waals surface area (Å²) in [6, 6.07) is 12.3. The summed E-state index contributed by atoms with van der Waals surface area (Å²) in [5, 5.41) is 0. The molecule has 17 heavy (non-hydrogen) atoms. The Kier molecular flexibility index (Phi) is 5.39. The predicted octanol–water partition coefficient (Wildman–Crippen LogP) is 2.30. The van der Waals surface area contributed by atoms with Crippen molar-refractivity contribution in [2.45, 2.75) is 12.4 Å². The molecule has 2 rings (SSSR count). The Balaban J connectivity index is 1.61. The van der Waals surface area contributed by atoms with E-state index in [0.29, 0.717) is 0 Å². The number of hydrogen-bond donors (Lipinski definition) is 0. The van der Waals surface area contributed by atoms with Gasteiger partial charge in [0.25, 0.3) is 0 Å². The van der Waals surface area contributed by atoms with Crippen LogP contribution in [0.5, 0.6) is 0 Å². The zero-order valence-corrected chi connectivity index (χ0v) is 11.2. The van der Waals surface area contributed by atoms with Crippen molar-refractivity contribution in [2.75, 3.05) is 5.75 Å². The van der Waals surface area contributed by atoms with Crippen LogP contribution >= 0.6 is 21.6 Å². The summed E-state index contributed by atoms with van der Waals surface area (Å²) in [5.41, 5.74) is 0. The fraction of sp³-hybridized carbons (Fsp3) is 0.231. The maximum absolute atomic E-state index is 2.21. The van der Waals surface area contributed by atoms with E-state index in [9.17, 15) is 0 Å². The van der Waals surface area contributed by atoms with Crippen molar-refractivity contribution < 1.29 is 9.13 Å². The minimum atomic E-state index is 1.00. The third kappa shape index (κ3) is 4.79. The van der Waals surface area contributed by atoms with Gasteiger partial charge in [0.2, 0.25) is 5.88 Å². The van der Waals surface area contributed by atoms with Gasteiger partial charge in [-0.1, -0.05) is 22.9 Å². The van der Waals surface area contributed by atoms with Crippen molar-refractivity contribution in [3.8, 4) is 0 Å². The van der Waals surface area contributed by atoms with Gasteiger partial charge in [-0.15, -0.1) is 0 Å². The number of aryl methyl sites for hydroxylation is 1. The Hall–Kier alpha value is -1.00. The first-order valence-corrected chi connectivity index (χ1v) is 8.06. The first-order chi connectivity index (χ1) is 8.45. The van der Waals surface area contributed by atoms with Crippen molar-refractivity contribution in [2.24, 2.45) is 0 Å². The first kappa shape index (κ1) is 12.5. The smallest absolute Gasteiger partial charge is 0.204 e. The highest BCUT2D eigenvalue weighted by atomic mass is 33.1.